The van der Waals surface area contributed by atoms with Crippen LogP contribution in [0.25, 0.3) is 11.0 Å². The molecular weight excluding hydrogens is 477 g/mol. The van der Waals surface area contributed by atoms with E-state index in [1.165, 1.54) is 18.5 Å². The van der Waals surface area contributed by atoms with Gasteiger partial charge in [0.25, 0.3) is 5.66 Å². The summed E-state index contributed by atoms with van der Waals surface area (Å²) in [6, 6.07) is 13.4. The Kier molecular flexibility index (Phi) is 7.66. The zero-order chi connectivity index (χ0) is 24.1. The van der Waals surface area contributed by atoms with Gasteiger partial charge in [-0.1, -0.05) is 21.4 Å². The van der Waals surface area contributed by atoms with Gasteiger partial charge in [0.05, 0.1) is 12.1 Å². The number of fused-ring (bicyclic) bond motifs is 1. The number of hydrogen-bond donors (Lipinski definition) is 2. The molecule has 4 rings (SSSR count). The lowest BCUT2D eigenvalue weighted by atomic mass is 10.2. The van der Waals surface area contributed by atoms with E-state index in [9.17, 15) is 8.78 Å². The summed E-state index contributed by atoms with van der Waals surface area (Å²) in [5.74, 6) is 3.18. The number of aliphatic hydroxyl groups excluding tert-OH is 1. The summed E-state index contributed by atoms with van der Waals surface area (Å²) in [6.45, 7) is 2.84. The van der Waals surface area contributed by atoms with Crippen LogP contribution in [0.15, 0.2) is 61.1 Å². The number of benzene rings is 2. The van der Waals surface area contributed by atoms with Crippen molar-refractivity contribution in [2.45, 2.75) is 19.1 Å². The Labute approximate surface area is 203 Å². The lowest BCUT2D eigenvalue weighted by molar-refractivity contribution is 0.104. The highest BCUT2D eigenvalue weighted by Crippen LogP contribution is 2.37. The van der Waals surface area contributed by atoms with Crippen molar-refractivity contribution in [2.75, 3.05) is 23.4 Å². The molecule has 4 aromatic rings. The molecule has 2 aromatic carbocycles. The Morgan fingerprint density at radius 1 is 1.15 bits per heavy atom. The third-order valence-electron chi connectivity index (χ3n) is 5.15. The first-order chi connectivity index (χ1) is 16.3. The lowest BCUT2D eigenvalue weighted by Gasteiger charge is -2.15. The van der Waals surface area contributed by atoms with Gasteiger partial charge in [0.2, 0.25) is 0 Å². The average molecular weight is 503 g/mol. The van der Waals surface area contributed by atoms with E-state index in [0.717, 1.165) is 34.6 Å². The highest BCUT2D eigenvalue weighted by molar-refractivity contribution is 7.99. The van der Waals surface area contributed by atoms with Crippen molar-refractivity contribution >= 4 is 43.5 Å². The number of hydrogen-bond acceptors (Lipinski definition) is 6. The van der Waals surface area contributed by atoms with Crippen molar-refractivity contribution in [2.24, 2.45) is 0 Å². The number of aromatic nitrogens is 3. The van der Waals surface area contributed by atoms with Crippen molar-refractivity contribution in [1.29, 1.82) is 0 Å². The van der Waals surface area contributed by atoms with E-state index in [1.807, 2.05) is 31.3 Å². The predicted octanol–water partition coefficient (Wildman–Crippen LogP) is 5.93. The van der Waals surface area contributed by atoms with Gasteiger partial charge in [-0.25, -0.2) is 9.97 Å². The molecule has 0 aliphatic heterocycles. The molecule has 2 heterocycles. The molecule has 0 aliphatic carbocycles. The maximum atomic E-state index is 13.6. The van der Waals surface area contributed by atoms with Crippen LogP contribution in [-0.2, 0) is 12.2 Å². The van der Waals surface area contributed by atoms with E-state index in [1.54, 1.807) is 39.2 Å². The smallest absolute Gasteiger partial charge is 0.284 e. The number of alkyl halides is 2. The van der Waals surface area contributed by atoms with Gasteiger partial charge in [-0.05, 0) is 48.9 Å². The monoisotopic (exact) mass is 502 g/mol. The second-order valence-corrected chi connectivity index (χ2v) is 9.61. The van der Waals surface area contributed by atoms with E-state index >= 15 is 0 Å². The molecule has 0 amide bonds. The first kappa shape index (κ1) is 24.4. The molecule has 0 spiro atoms. The van der Waals surface area contributed by atoms with Crippen LogP contribution in [-0.4, -0.2) is 37.8 Å². The second-order valence-electron chi connectivity index (χ2n) is 7.66. The fourth-order valence-electron chi connectivity index (χ4n) is 3.51. The third-order valence-corrected chi connectivity index (χ3v) is 6.42. The molecule has 34 heavy (non-hydrogen) atoms. The van der Waals surface area contributed by atoms with E-state index in [0.29, 0.717) is 23.1 Å². The molecule has 0 saturated heterocycles. The summed E-state index contributed by atoms with van der Waals surface area (Å²) in [5.41, 5.74) is 0.260. The number of nitrogens with one attached hydrogen (secondary N) is 1. The quantitative estimate of drug-likeness (QED) is 0.207. The summed E-state index contributed by atoms with van der Waals surface area (Å²) < 4.78 is 35.2. The van der Waals surface area contributed by atoms with Gasteiger partial charge in [-0.2, -0.15) is 20.5 Å². The minimum atomic E-state index is -3.01. The Morgan fingerprint density at radius 3 is 2.76 bits per heavy atom. The molecule has 2 aromatic heterocycles. The largest absolute Gasteiger partial charge is 0.457 e. The molecule has 0 radical (unpaired) electrons. The van der Waals surface area contributed by atoms with E-state index in [-0.39, 0.29) is 12.2 Å². The van der Waals surface area contributed by atoms with Crippen LogP contribution < -0.4 is 10.1 Å². The Balaban J connectivity index is 1.52. The van der Waals surface area contributed by atoms with Gasteiger partial charge in [-0.15, -0.1) is 0 Å². The summed E-state index contributed by atoms with van der Waals surface area (Å²) in [5, 5.41) is 12.3. The maximum absolute atomic E-state index is 13.6. The number of aliphatic hydroxyl groups is 1. The van der Waals surface area contributed by atoms with Gasteiger partial charge < -0.3 is 19.7 Å². The SMILES string of the molecule is Cc1cc(Nc2ncnc3ccn(CCSCCO)c23)ccc1Oc1cccc(C(F)(F)P)c1. The molecule has 0 bridgehead atoms. The molecule has 178 valence electrons. The number of anilines is 2. The van der Waals surface area contributed by atoms with Gasteiger partial charge in [-0.3, -0.25) is 0 Å². The number of aryl methyl sites for hydroxylation is 2. The fraction of sp³-hybridized carbons (Fsp3) is 0.250. The fourth-order valence-corrected chi connectivity index (χ4v) is 4.35. The Bertz CT molecular complexity index is 1280. The normalized spacial score (nSPS) is 11.7. The van der Waals surface area contributed by atoms with Gasteiger partial charge in [0, 0.05) is 35.5 Å². The molecule has 0 saturated carbocycles. The van der Waals surface area contributed by atoms with Crippen LogP contribution in [0.4, 0.5) is 20.3 Å². The first-order valence-electron chi connectivity index (χ1n) is 10.7. The molecular formula is C24H25F2N4O2PS. The molecule has 0 fully saturated rings. The topological polar surface area (TPSA) is 72.2 Å². The van der Waals surface area contributed by atoms with Crippen LogP contribution in [0.1, 0.15) is 11.1 Å². The maximum Gasteiger partial charge on any atom is 0.284 e. The number of rotatable bonds is 10. The zero-order valence-corrected chi connectivity index (χ0v) is 20.5. The number of halogens is 2. The number of ether oxygens (including phenoxy) is 1. The first-order valence-corrected chi connectivity index (χ1v) is 12.4. The van der Waals surface area contributed by atoms with Crippen molar-refractivity contribution in [3.8, 4) is 11.5 Å². The molecule has 6 nitrogen and oxygen atoms in total. The van der Waals surface area contributed by atoms with Crippen LogP contribution in [0.2, 0.25) is 0 Å². The second kappa shape index (κ2) is 10.7. The lowest BCUT2D eigenvalue weighted by Crippen LogP contribution is -2.04. The van der Waals surface area contributed by atoms with Crippen LogP contribution in [0.3, 0.4) is 0 Å². The minimum absolute atomic E-state index is 0.128. The summed E-state index contributed by atoms with van der Waals surface area (Å²) >= 11 is 1.69. The van der Waals surface area contributed by atoms with Gasteiger partial charge in [0.1, 0.15) is 23.3 Å². The summed E-state index contributed by atoms with van der Waals surface area (Å²) in [6.07, 6.45) is 3.51. The van der Waals surface area contributed by atoms with E-state index in [2.05, 4.69) is 19.9 Å². The van der Waals surface area contributed by atoms with Crippen molar-refractivity contribution < 1.29 is 18.6 Å². The standard InChI is InChI=1S/C24H25F2N4O2PS/c1-16-13-18(5-6-21(16)32-19-4-2-3-17(14-19)24(25,26)33)29-23-22-20(27-15-28-23)7-8-30(22)9-11-34-12-10-31/h2-8,13-15,31H,9-12,33H2,1H3,(H,27,28,29). The van der Waals surface area contributed by atoms with Crippen molar-refractivity contribution in [3.63, 3.8) is 0 Å². The molecule has 2 N–H and O–H groups in total. The molecule has 1 unspecified atom stereocenters. The van der Waals surface area contributed by atoms with Crippen molar-refractivity contribution in [1.82, 2.24) is 14.5 Å². The zero-order valence-electron chi connectivity index (χ0n) is 18.5. The third kappa shape index (κ3) is 5.84. The number of nitrogens with zero attached hydrogens (tertiary/aromatic N) is 3. The Morgan fingerprint density at radius 2 is 2.00 bits per heavy atom. The molecule has 0 aliphatic rings. The highest BCUT2D eigenvalue weighted by Gasteiger charge is 2.24. The van der Waals surface area contributed by atoms with Crippen LogP contribution >= 0.6 is 21.0 Å². The summed E-state index contributed by atoms with van der Waals surface area (Å²) in [4.78, 5) is 8.80. The van der Waals surface area contributed by atoms with Crippen LogP contribution in [0.5, 0.6) is 11.5 Å². The molecule has 1 atom stereocenters. The number of thioether (sulfide) groups is 1. The van der Waals surface area contributed by atoms with Crippen LogP contribution in [0, 0.1) is 6.92 Å². The van der Waals surface area contributed by atoms with Gasteiger partial charge >= 0.3 is 0 Å². The Hall–Kier alpha value is -2.74. The highest BCUT2D eigenvalue weighted by atomic mass is 32.2. The van der Waals surface area contributed by atoms with E-state index < -0.39 is 5.66 Å². The summed E-state index contributed by atoms with van der Waals surface area (Å²) in [7, 11) is 1.54. The van der Waals surface area contributed by atoms with Crippen molar-refractivity contribution in [3.05, 3.63) is 72.2 Å². The van der Waals surface area contributed by atoms with E-state index in [4.69, 9.17) is 9.84 Å². The predicted molar refractivity (Wildman–Crippen MR) is 137 cm³/mol. The molecule has 10 heteroatoms. The minimum Gasteiger partial charge on any atom is -0.457 e. The van der Waals surface area contributed by atoms with Gasteiger partial charge in [0.15, 0.2) is 5.82 Å². The average Bonchev–Trinajstić information content (AvgIpc) is 3.22.